The third-order valence-corrected chi connectivity index (χ3v) is 4.43. The molecule has 0 fully saturated rings. The van der Waals surface area contributed by atoms with E-state index in [0.29, 0.717) is 22.3 Å². The summed E-state index contributed by atoms with van der Waals surface area (Å²) in [5.74, 6) is 0.442. The maximum absolute atomic E-state index is 9.97. The molecule has 1 aromatic carbocycles. The molecule has 0 saturated heterocycles. The van der Waals surface area contributed by atoms with Crippen LogP contribution in [0.5, 0.6) is 5.75 Å². The van der Waals surface area contributed by atoms with Crippen molar-refractivity contribution in [1.29, 1.82) is 0 Å². The van der Waals surface area contributed by atoms with Crippen molar-refractivity contribution in [1.82, 2.24) is 0 Å². The molecule has 0 aromatic heterocycles. The maximum atomic E-state index is 9.97. The molecule has 3 nitrogen and oxygen atoms in total. The lowest BCUT2D eigenvalue weighted by Gasteiger charge is -2.14. The van der Waals surface area contributed by atoms with Crippen LogP contribution in [0.4, 0.5) is 0 Å². The summed E-state index contributed by atoms with van der Waals surface area (Å²) >= 11 is 12.0. The Hall–Kier alpha value is -0.740. The lowest BCUT2D eigenvalue weighted by Crippen LogP contribution is -2.86. The monoisotopic (exact) mass is 344 g/mol. The molecular formula is C17H24Cl2NO2+. The van der Waals surface area contributed by atoms with Gasteiger partial charge in [0.05, 0.1) is 16.6 Å². The second kappa shape index (κ2) is 9.41. The van der Waals surface area contributed by atoms with Crippen LogP contribution in [0.3, 0.4) is 0 Å². The molecule has 5 heteroatoms. The van der Waals surface area contributed by atoms with Crippen LogP contribution in [-0.4, -0.2) is 30.9 Å². The highest BCUT2D eigenvalue weighted by atomic mass is 35.5. The van der Waals surface area contributed by atoms with Gasteiger partial charge in [0.25, 0.3) is 0 Å². The van der Waals surface area contributed by atoms with Crippen molar-refractivity contribution in [2.45, 2.75) is 38.2 Å². The van der Waals surface area contributed by atoms with E-state index in [2.05, 4.69) is 11.4 Å². The molecule has 1 aliphatic carbocycles. The van der Waals surface area contributed by atoms with Gasteiger partial charge < -0.3 is 15.2 Å². The van der Waals surface area contributed by atoms with Crippen LogP contribution >= 0.6 is 23.2 Å². The van der Waals surface area contributed by atoms with Crippen LogP contribution < -0.4 is 10.1 Å². The number of quaternary nitrogens is 1. The Labute approximate surface area is 142 Å². The van der Waals surface area contributed by atoms with E-state index in [1.807, 2.05) is 0 Å². The molecular weight excluding hydrogens is 321 g/mol. The van der Waals surface area contributed by atoms with Gasteiger partial charge in [-0.2, -0.15) is 0 Å². The number of hydrogen-bond acceptors (Lipinski definition) is 2. The molecule has 0 unspecified atom stereocenters. The van der Waals surface area contributed by atoms with Gasteiger partial charge in [-0.25, -0.2) is 0 Å². The fourth-order valence-electron chi connectivity index (χ4n) is 2.60. The van der Waals surface area contributed by atoms with E-state index in [-0.39, 0.29) is 6.61 Å². The van der Waals surface area contributed by atoms with Gasteiger partial charge >= 0.3 is 0 Å². The number of halogens is 2. The third kappa shape index (κ3) is 5.81. The first kappa shape index (κ1) is 17.6. The highest BCUT2D eigenvalue weighted by Gasteiger charge is 2.12. The van der Waals surface area contributed by atoms with Crippen molar-refractivity contribution in [3.63, 3.8) is 0 Å². The Kier molecular flexibility index (Phi) is 7.53. The first-order chi connectivity index (χ1) is 10.7. The summed E-state index contributed by atoms with van der Waals surface area (Å²) in [7, 11) is 0. The van der Waals surface area contributed by atoms with Crippen LogP contribution in [0.25, 0.3) is 0 Å². The Morgan fingerprint density at radius 3 is 2.68 bits per heavy atom. The Morgan fingerprint density at radius 1 is 1.23 bits per heavy atom. The second-order valence-corrected chi connectivity index (χ2v) is 6.50. The van der Waals surface area contributed by atoms with E-state index < -0.39 is 6.10 Å². The van der Waals surface area contributed by atoms with Crippen LogP contribution in [0, 0.1) is 0 Å². The standard InChI is InChI=1S/C17H23Cl2NO2/c18-15-7-4-8-16(19)17(15)22-12-14(21)11-20-10-9-13-5-2-1-3-6-13/h4-5,7-8,14,20-21H,1-3,6,9-12H2/p+1/t14-/m1/s1. The summed E-state index contributed by atoms with van der Waals surface area (Å²) in [4.78, 5) is 0. The lowest BCUT2D eigenvalue weighted by atomic mass is 9.97. The fourth-order valence-corrected chi connectivity index (χ4v) is 3.10. The number of nitrogens with two attached hydrogens (primary N) is 1. The van der Waals surface area contributed by atoms with Crippen LogP contribution in [-0.2, 0) is 0 Å². The molecule has 1 aromatic rings. The molecule has 1 atom stereocenters. The van der Waals surface area contributed by atoms with Crippen molar-refractivity contribution < 1.29 is 15.2 Å². The average molecular weight is 345 g/mol. The van der Waals surface area contributed by atoms with Crippen LogP contribution in [0.15, 0.2) is 29.8 Å². The molecule has 122 valence electrons. The minimum Gasteiger partial charge on any atom is -0.488 e. The van der Waals surface area contributed by atoms with Gasteiger partial charge in [-0.15, -0.1) is 0 Å². The summed E-state index contributed by atoms with van der Waals surface area (Å²) in [6, 6.07) is 5.21. The zero-order valence-corrected chi connectivity index (χ0v) is 14.2. The lowest BCUT2D eigenvalue weighted by molar-refractivity contribution is -0.660. The van der Waals surface area contributed by atoms with Crippen molar-refractivity contribution in [3.05, 3.63) is 39.9 Å². The number of allylic oxidation sites excluding steroid dienone is 1. The highest BCUT2D eigenvalue weighted by molar-refractivity contribution is 6.37. The number of benzene rings is 1. The Balaban J connectivity index is 1.63. The normalized spacial score (nSPS) is 16.2. The molecule has 0 radical (unpaired) electrons. The van der Waals surface area contributed by atoms with E-state index >= 15 is 0 Å². The highest BCUT2D eigenvalue weighted by Crippen LogP contribution is 2.32. The van der Waals surface area contributed by atoms with Gasteiger partial charge in [0.1, 0.15) is 19.3 Å². The summed E-state index contributed by atoms with van der Waals surface area (Å²) < 4.78 is 5.53. The maximum Gasteiger partial charge on any atom is 0.156 e. The number of aliphatic hydroxyl groups excluding tert-OH is 1. The zero-order chi connectivity index (χ0) is 15.8. The number of hydrogen-bond donors (Lipinski definition) is 2. The Bertz CT molecular complexity index is 485. The van der Waals surface area contributed by atoms with Gasteiger partial charge in [-0.05, 0) is 37.8 Å². The summed E-state index contributed by atoms with van der Waals surface area (Å²) in [5, 5.41) is 13.0. The minimum absolute atomic E-state index is 0.197. The van der Waals surface area contributed by atoms with Crippen LogP contribution in [0.2, 0.25) is 10.0 Å². The molecule has 0 amide bonds. The Morgan fingerprint density at radius 2 is 2.00 bits per heavy atom. The fraction of sp³-hybridized carbons (Fsp3) is 0.529. The molecule has 2 rings (SSSR count). The molecule has 0 bridgehead atoms. The van der Waals surface area contributed by atoms with Gasteiger partial charge in [0.2, 0.25) is 0 Å². The number of ether oxygens (including phenoxy) is 1. The third-order valence-electron chi connectivity index (χ3n) is 3.83. The summed E-state index contributed by atoms with van der Waals surface area (Å²) in [6.07, 6.45) is 8.07. The first-order valence-electron chi connectivity index (χ1n) is 7.91. The van der Waals surface area contributed by atoms with E-state index in [0.717, 1.165) is 13.0 Å². The minimum atomic E-state index is -0.535. The van der Waals surface area contributed by atoms with Crippen molar-refractivity contribution >= 4 is 23.2 Å². The van der Waals surface area contributed by atoms with E-state index in [1.54, 1.807) is 23.8 Å². The molecule has 0 saturated carbocycles. The predicted octanol–water partition coefficient (Wildman–Crippen LogP) is 3.19. The molecule has 3 N–H and O–H groups in total. The molecule has 1 aliphatic rings. The molecule has 22 heavy (non-hydrogen) atoms. The van der Waals surface area contributed by atoms with Crippen molar-refractivity contribution in [2.24, 2.45) is 0 Å². The summed E-state index contributed by atoms with van der Waals surface area (Å²) in [5.41, 5.74) is 1.57. The SMILES string of the molecule is O[C@H](C[NH2+]CCC1=CCCCC1)COc1c(Cl)cccc1Cl. The first-order valence-corrected chi connectivity index (χ1v) is 8.67. The smallest absolute Gasteiger partial charge is 0.156 e. The zero-order valence-electron chi connectivity index (χ0n) is 12.7. The van der Waals surface area contributed by atoms with Gasteiger partial charge in [-0.1, -0.05) is 40.9 Å². The summed E-state index contributed by atoms with van der Waals surface area (Å²) in [6.45, 7) is 1.83. The molecule has 0 aliphatic heterocycles. The quantitative estimate of drug-likeness (QED) is 0.561. The molecule has 0 spiro atoms. The largest absolute Gasteiger partial charge is 0.488 e. The van der Waals surface area contributed by atoms with Crippen molar-refractivity contribution in [2.75, 3.05) is 19.7 Å². The predicted molar refractivity (Wildman–Crippen MR) is 90.8 cm³/mol. The number of rotatable bonds is 8. The number of para-hydroxylation sites is 1. The van der Waals surface area contributed by atoms with E-state index in [4.69, 9.17) is 27.9 Å². The second-order valence-electron chi connectivity index (χ2n) is 5.69. The van der Waals surface area contributed by atoms with E-state index in [1.165, 1.54) is 25.7 Å². The van der Waals surface area contributed by atoms with Crippen LogP contribution in [0.1, 0.15) is 32.1 Å². The average Bonchev–Trinajstić information content (AvgIpc) is 2.52. The molecule has 0 heterocycles. The van der Waals surface area contributed by atoms with Gasteiger partial charge in [-0.3, -0.25) is 0 Å². The van der Waals surface area contributed by atoms with E-state index in [9.17, 15) is 5.11 Å². The van der Waals surface area contributed by atoms with Crippen molar-refractivity contribution in [3.8, 4) is 5.75 Å². The van der Waals surface area contributed by atoms with Gasteiger partial charge in [0.15, 0.2) is 5.75 Å². The van der Waals surface area contributed by atoms with Gasteiger partial charge in [0, 0.05) is 6.42 Å². The topological polar surface area (TPSA) is 46.1 Å². The number of aliphatic hydroxyl groups is 1.